The van der Waals surface area contributed by atoms with Crippen molar-refractivity contribution in [1.82, 2.24) is 10.2 Å². The maximum atomic E-state index is 12.1. The Hall–Kier alpha value is -0.910. The van der Waals surface area contributed by atoms with E-state index in [0.29, 0.717) is 18.2 Å². The number of carbonyl (C=O) groups excluding carboxylic acids is 1. The molecule has 102 valence electrons. The Balaban J connectivity index is 1.92. The minimum absolute atomic E-state index is 0.00695. The minimum atomic E-state index is -0.905. The highest BCUT2D eigenvalue weighted by Crippen LogP contribution is 2.31. The molecule has 2 atom stereocenters. The van der Waals surface area contributed by atoms with Gasteiger partial charge in [0.15, 0.2) is 0 Å². The largest absolute Gasteiger partial charge is 0.480 e. The van der Waals surface area contributed by atoms with Gasteiger partial charge in [0.25, 0.3) is 0 Å². The molecule has 0 bridgehead atoms. The number of amides is 2. The van der Waals surface area contributed by atoms with Gasteiger partial charge in [0, 0.05) is 12.3 Å². The van der Waals surface area contributed by atoms with Gasteiger partial charge in [0.2, 0.25) is 0 Å². The standard InChI is InChI=1S/C12H20N2O3S/c1-2-10-14(9(7-18-10)11(15)16)12(17)13-6-8-4-3-5-8/h8-10H,2-7H2,1H3,(H,13,17)(H,15,16). The van der Waals surface area contributed by atoms with E-state index in [-0.39, 0.29) is 11.4 Å². The fourth-order valence-electron chi connectivity index (χ4n) is 2.36. The van der Waals surface area contributed by atoms with Crippen LogP contribution in [0.4, 0.5) is 4.79 Å². The first-order chi connectivity index (χ1) is 8.63. The van der Waals surface area contributed by atoms with Crippen LogP contribution in [0.2, 0.25) is 0 Å². The Labute approximate surface area is 111 Å². The van der Waals surface area contributed by atoms with Crippen molar-refractivity contribution >= 4 is 23.8 Å². The second kappa shape index (κ2) is 5.82. The van der Waals surface area contributed by atoms with E-state index in [9.17, 15) is 9.59 Å². The van der Waals surface area contributed by atoms with Crippen LogP contribution in [0.15, 0.2) is 0 Å². The molecule has 18 heavy (non-hydrogen) atoms. The van der Waals surface area contributed by atoms with Gasteiger partial charge in [-0.25, -0.2) is 9.59 Å². The van der Waals surface area contributed by atoms with Crippen molar-refractivity contribution in [1.29, 1.82) is 0 Å². The number of carboxylic acid groups (broad SMARTS) is 1. The highest BCUT2D eigenvalue weighted by molar-refractivity contribution is 8.00. The molecule has 2 rings (SSSR count). The van der Waals surface area contributed by atoms with E-state index in [1.165, 1.54) is 24.2 Å². The summed E-state index contributed by atoms with van der Waals surface area (Å²) < 4.78 is 0. The van der Waals surface area contributed by atoms with Gasteiger partial charge in [-0.2, -0.15) is 0 Å². The van der Waals surface area contributed by atoms with Crippen LogP contribution in [0, 0.1) is 5.92 Å². The summed E-state index contributed by atoms with van der Waals surface area (Å²) >= 11 is 1.55. The molecule has 2 N–H and O–H groups in total. The third-order valence-electron chi connectivity index (χ3n) is 3.73. The lowest BCUT2D eigenvalue weighted by molar-refractivity contribution is -0.141. The van der Waals surface area contributed by atoms with Crippen molar-refractivity contribution in [2.75, 3.05) is 12.3 Å². The van der Waals surface area contributed by atoms with Gasteiger partial charge in [-0.05, 0) is 25.2 Å². The fourth-order valence-corrected chi connectivity index (χ4v) is 3.71. The lowest BCUT2D eigenvalue weighted by Crippen LogP contribution is -2.51. The molecule has 1 saturated heterocycles. The molecule has 1 heterocycles. The second-order valence-electron chi connectivity index (χ2n) is 4.94. The monoisotopic (exact) mass is 272 g/mol. The van der Waals surface area contributed by atoms with E-state index < -0.39 is 12.0 Å². The summed E-state index contributed by atoms with van der Waals surface area (Å²) in [6.07, 6.45) is 4.38. The van der Waals surface area contributed by atoms with Crippen LogP contribution in [0.1, 0.15) is 32.6 Å². The lowest BCUT2D eigenvalue weighted by Gasteiger charge is -2.30. The quantitative estimate of drug-likeness (QED) is 0.818. The topological polar surface area (TPSA) is 69.6 Å². The van der Waals surface area contributed by atoms with Crippen molar-refractivity contribution in [3.8, 4) is 0 Å². The first kappa shape index (κ1) is 13.5. The Morgan fingerprint density at radius 2 is 2.17 bits per heavy atom. The number of hydrogen-bond donors (Lipinski definition) is 2. The van der Waals surface area contributed by atoms with E-state index in [4.69, 9.17) is 5.11 Å². The molecule has 2 aliphatic rings. The molecule has 0 aromatic heterocycles. The average molecular weight is 272 g/mol. The zero-order chi connectivity index (χ0) is 13.1. The van der Waals surface area contributed by atoms with Crippen molar-refractivity contribution in [3.05, 3.63) is 0 Å². The van der Waals surface area contributed by atoms with E-state index in [1.54, 1.807) is 11.8 Å². The molecular weight excluding hydrogens is 252 g/mol. The number of carbonyl (C=O) groups is 2. The molecule has 2 fully saturated rings. The SMILES string of the molecule is CCC1SCC(C(=O)O)N1C(=O)NCC1CCC1. The van der Waals surface area contributed by atoms with Crippen LogP contribution in [0.5, 0.6) is 0 Å². The van der Waals surface area contributed by atoms with Crippen LogP contribution < -0.4 is 5.32 Å². The summed E-state index contributed by atoms with van der Waals surface area (Å²) in [5.41, 5.74) is 0. The van der Waals surface area contributed by atoms with E-state index in [0.717, 1.165) is 6.42 Å². The van der Waals surface area contributed by atoms with Gasteiger partial charge in [-0.15, -0.1) is 11.8 Å². The molecule has 0 aromatic carbocycles. The number of rotatable bonds is 4. The maximum absolute atomic E-state index is 12.1. The zero-order valence-electron chi connectivity index (χ0n) is 10.6. The molecule has 1 aliphatic carbocycles. The van der Waals surface area contributed by atoms with Gasteiger partial charge in [0.1, 0.15) is 6.04 Å². The molecular formula is C12H20N2O3S. The van der Waals surface area contributed by atoms with Crippen LogP contribution in [-0.4, -0.2) is 45.7 Å². The number of nitrogens with zero attached hydrogens (tertiary/aromatic N) is 1. The summed E-state index contributed by atoms with van der Waals surface area (Å²) in [5.74, 6) is 0.176. The average Bonchev–Trinajstić information content (AvgIpc) is 2.70. The third-order valence-corrected chi connectivity index (χ3v) is 5.18. The fraction of sp³-hybridized carbons (Fsp3) is 0.833. The predicted molar refractivity (Wildman–Crippen MR) is 70.5 cm³/mol. The van der Waals surface area contributed by atoms with Gasteiger partial charge in [0.05, 0.1) is 5.37 Å². The summed E-state index contributed by atoms with van der Waals surface area (Å²) in [7, 11) is 0. The second-order valence-corrected chi connectivity index (χ2v) is 6.15. The van der Waals surface area contributed by atoms with E-state index >= 15 is 0 Å². The summed E-state index contributed by atoms with van der Waals surface area (Å²) in [5, 5.41) is 12.0. The van der Waals surface area contributed by atoms with Gasteiger partial charge >= 0.3 is 12.0 Å². The highest BCUT2D eigenvalue weighted by Gasteiger charge is 2.40. The van der Waals surface area contributed by atoms with Crippen LogP contribution >= 0.6 is 11.8 Å². The van der Waals surface area contributed by atoms with Crippen molar-refractivity contribution in [2.24, 2.45) is 5.92 Å². The molecule has 0 radical (unpaired) electrons. The number of nitrogens with one attached hydrogen (secondary N) is 1. The van der Waals surface area contributed by atoms with Crippen molar-refractivity contribution in [3.63, 3.8) is 0 Å². The normalized spacial score (nSPS) is 27.9. The Bertz CT molecular complexity index is 333. The summed E-state index contributed by atoms with van der Waals surface area (Å²) in [6, 6.07) is -0.896. The van der Waals surface area contributed by atoms with Gasteiger partial charge < -0.3 is 10.4 Å². The Morgan fingerprint density at radius 1 is 1.44 bits per heavy atom. The first-order valence-electron chi connectivity index (χ1n) is 6.54. The molecule has 5 nitrogen and oxygen atoms in total. The summed E-state index contributed by atoms with van der Waals surface area (Å²) in [4.78, 5) is 24.8. The number of thioether (sulfide) groups is 1. The summed E-state index contributed by atoms with van der Waals surface area (Å²) in [6.45, 7) is 2.66. The van der Waals surface area contributed by atoms with Crippen LogP contribution in [0.3, 0.4) is 0 Å². The first-order valence-corrected chi connectivity index (χ1v) is 7.59. The lowest BCUT2D eigenvalue weighted by atomic mass is 9.85. The number of urea groups is 1. The number of aliphatic carboxylic acids is 1. The molecule has 2 unspecified atom stereocenters. The van der Waals surface area contributed by atoms with Crippen LogP contribution in [-0.2, 0) is 4.79 Å². The number of carboxylic acids is 1. The van der Waals surface area contributed by atoms with Crippen molar-refractivity contribution < 1.29 is 14.7 Å². The van der Waals surface area contributed by atoms with E-state index in [1.807, 2.05) is 6.92 Å². The maximum Gasteiger partial charge on any atom is 0.327 e. The zero-order valence-corrected chi connectivity index (χ0v) is 11.4. The molecule has 0 spiro atoms. The minimum Gasteiger partial charge on any atom is -0.480 e. The molecule has 1 aliphatic heterocycles. The highest BCUT2D eigenvalue weighted by atomic mass is 32.2. The molecule has 2 amide bonds. The van der Waals surface area contributed by atoms with Gasteiger partial charge in [-0.1, -0.05) is 13.3 Å². The Morgan fingerprint density at radius 3 is 2.67 bits per heavy atom. The Kier molecular flexibility index (Phi) is 4.37. The van der Waals surface area contributed by atoms with Crippen LogP contribution in [0.25, 0.3) is 0 Å². The number of hydrogen-bond acceptors (Lipinski definition) is 3. The molecule has 6 heteroatoms. The van der Waals surface area contributed by atoms with Gasteiger partial charge in [-0.3, -0.25) is 4.90 Å². The predicted octanol–water partition coefficient (Wildman–Crippen LogP) is 1.73. The third kappa shape index (κ3) is 2.74. The molecule has 0 aromatic rings. The van der Waals surface area contributed by atoms with E-state index in [2.05, 4.69) is 5.32 Å². The smallest absolute Gasteiger partial charge is 0.327 e. The molecule has 1 saturated carbocycles. The van der Waals surface area contributed by atoms with Crippen molar-refractivity contribution in [2.45, 2.75) is 44.0 Å².